The van der Waals surface area contributed by atoms with E-state index in [1.54, 1.807) is 17.0 Å². The molecule has 1 N–H and O–H groups in total. The number of ether oxygens (including phenoxy) is 2. The van der Waals surface area contributed by atoms with Crippen molar-refractivity contribution in [2.24, 2.45) is 5.92 Å². The summed E-state index contributed by atoms with van der Waals surface area (Å²) < 4.78 is 25.8. The third-order valence-corrected chi connectivity index (χ3v) is 6.67. The fraction of sp³-hybridized carbons (Fsp3) is 0.385. The maximum Gasteiger partial charge on any atom is 0.290 e. The lowest BCUT2D eigenvalue weighted by Gasteiger charge is -2.36. The molecule has 1 amide bonds. The van der Waals surface area contributed by atoms with Crippen LogP contribution in [-0.4, -0.2) is 40.6 Å². The summed E-state index contributed by atoms with van der Waals surface area (Å²) in [5.41, 5.74) is 1.82. The van der Waals surface area contributed by atoms with Gasteiger partial charge in [0.1, 0.15) is 12.3 Å². The summed E-state index contributed by atoms with van der Waals surface area (Å²) in [6, 6.07) is 13.6. The number of ketones is 1. The molecular formula is C26H26FNO5. The Morgan fingerprint density at radius 3 is 2.70 bits per heavy atom. The molecule has 0 bridgehead atoms. The topological polar surface area (TPSA) is 76.1 Å². The molecule has 4 atom stereocenters. The first-order chi connectivity index (χ1) is 16.0. The Morgan fingerprint density at radius 2 is 1.94 bits per heavy atom. The van der Waals surface area contributed by atoms with E-state index >= 15 is 0 Å². The molecule has 4 unspecified atom stereocenters. The van der Waals surface area contributed by atoms with Gasteiger partial charge in [0, 0.05) is 6.54 Å². The number of halogens is 1. The van der Waals surface area contributed by atoms with E-state index in [1.165, 1.54) is 6.07 Å². The number of fused-ring (bicyclic) bond motifs is 1. The van der Waals surface area contributed by atoms with Crippen LogP contribution in [0, 0.1) is 5.92 Å². The number of carbonyl (C=O) groups is 2. The van der Waals surface area contributed by atoms with E-state index in [-0.39, 0.29) is 47.5 Å². The molecule has 172 valence electrons. The van der Waals surface area contributed by atoms with Crippen LogP contribution in [0.1, 0.15) is 43.4 Å². The number of alkyl halides is 1. The summed E-state index contributed by atoms with van der Waals surface area (Å²) in [6.45, 7) is 2.44. The van der Waals surface area contributed by atoms with Crippen molar-refractivity contribution in [2.45, 2.75) is 51.0 Å². The monoisotopic (exact) mass is 451 g/mol. The largest absolute Gasteiger partial charge is 0.504 e. The molecule has 1 aliphatic carbocycles. The van der Waals surface area contributed by atoms with Crippen LogP contribution in [0.4, 0.5) is 4.39 Å². The zero-order chi connectivity index (χ0) is 23.1. The highest BCUT2D eigenvalue weighted by Gasteiger charge is 2.53. The van der Waals surface area contributed by atoms with Crippen LogP contribution in [0.2, 0.25) is 0 Å². The van der Waals surface area contributed by atoms with Crippen LogP contribution in [0.25, 0.3) is 0 Å². The van der Waals surface area contributed by atoms with Crippen LogP contribution < -0.4 is 4.74 Å². The fourth-order valence-corrected chi connectivity index (χ4v) is 5.12. The number of benzene rings is 2. The quantitative estimate of drug-likeness (QED) is 0.736. The molecule has 6 nitrogen and oxygen atoms in total. The Morgan fingerprint density at radius 1 is 1.15 bits per heavy atom. The van der Waals surface area contributed by atoms with E-state index in [9.17, 15) is 19.1 Å². The number of phenolic OH excluding ortho intramolecular Hbond substituents is 1. The highest BCUT2D eigenvalue weighted by Crippen LogP contribution is 2.48. The van der Waals surface area contributed by atoms with Crippen molar-refractivity contribution >= 4 is 11.7 Å². The predicted octanol–water partition coefficient (Wildman–Crippen LogP) is 4.23. The number of amides is 1. The zero-order valence-electron chi connectivity index (χ0n) is 18.4. The fourth-order valence-electron chi connectivity index (χ4n) is 5.12. The molecule has 0 radical (unpaired) electrons. The van der Waals surface area contributed by atoms with Gasteiger partial charge in [0.2, 0.25) is 0 Å². The van der Waals surface area contributed by atoms with E-state index in [1.807, 2.05) is 37.3 Å². The van der Waals surface area contributed by atoms with Crippen molar-refractivity contribution in [3.63, 3.8) is 0 Å². The van der Waals surface area contributed by atoms with Crippen molar-refractivity contribution in [1.82, 2.24) is 4.90 Å². The number of Topliss-reactive ketones (excluding diaryl/α,β-unsaturated/α-hetero) is 1. The van der Waals surface area contributed by atoms with Gasteiger partial charge in [0.15, 0.2) is 23.0 Å². The zero-order valence-corrected chi connectivity index (χ0v) is 18.4. The smallest absolute Gasteiger partial charge is 0.290 e. The number of aromatic hydroxyl groups is 1. The summed E-state index contributed by atoms with van der Waals surface area (Å²) in [5, 5.41) is 10.2. The first-order valence-electron chi connectivity index (χ1n) is 11.4. The second-order valence-electron chi connectivity index (χ2n) is 8.76. The normalized spacial score (nSPS) is 26.7. The van der Waals surface area contributed by atoms with Crippen molar-refractivity contribution in [3.8, 4) is 11.5 Å². The minimum atomic E-state index is -1.05. The molecule has 0 saturated heterocycles. The summed E-state index contributed by atoms with van der Waals surface area (Å²) in [7, 11) is 0. The van der Waals surface area contributed by atoms with Crippen molar-refractivity contribution in [2.75, 3.05) is 6.61 Å². The van der Waals surface area contributed by atoms with Gasteiger partial charge in [-0.05, 0) is 49.4 Å². The summed E-state index contributed by atoms with van der Waals surface area (Å²) in [6.07, 6.45) is -0.658. The third kappa shape index (κ3) is 3.75. The molecule has 1 fully saturated rings. The molecule has 7 heteroatoms. The predicted molar refractivity (Wildman–Crippen MR) is 118 cm³/mol. The SMILES string of the molecule is CCOc1cc(C2C3=C(OC4CCC(F)CC4C3=O)C(=O)N2Cc2ccccc2)ccc1O. The highest BCUT2D eigenvalue weighted by atomic mass is 19.1. The minimum absolute atomic E-state index is 0.0208. The van der Waals surface area contributed by atoms with Gasteiger partial charge in [-0.15, -0.1) is 0 Å². The summed E-state index contributed by atoms with van der Waals surface area (Å²) in [5.74, 6) is -0.830. The molecule has 3 aliphatic rings. The Hall–Kier alpha value is -3.35. The first kappa shape index (κ1) is 21.5. The van der Waals surface area contributed by atoms with E-state index in [0.29, 0.717) is 25.0 Å². The van der Waals surface area contributed by atoms with E-state index in [2.05, 4.69) is 0 Å². The number of carbonyl (C=O) groups excluding carboxylic acids is 2. The van der Waals surface area contributed by atoms with Crippen LogP contribution in [0.15, 0.2) is 59.9 Å². The second-order valence-corrected chi connectivity index (χ2v) is 8.76. The van der Waals surface area contributed by atoms with Gasteiger partial charge in [-0.3, -0.25) is 9.59 Å². The summed E-state index contributed by atoms with van der Waals surface area (Å²) >= 11 is 0. The highest BCUT2D eigenvalue weighted by molar-refractivity contribution is 6.11. The van der Waals surface area contributed by atoms with Gasteiger partial charge in [-0.2, -0.15) is 0 Å². The molecule has 2 heterocycles. The van der Waals surface area contributed by atoms with Crippen LogP contribution in [-0.2, 0) is 20.9 Å². The molecule has 1 saturated carbocycles. The number of hydrogen-bond acceptors (Lipinski definition) is 5. The molecule has 0 spiro atoms. The van der Waals surface area contributed by atoms with Gasteiger partial charge in [0.25, 0.3) is 5.91 Å². The van der Waals surface area contributed by atoms with Gasteiger partial charge in [-0.25, -0.2) is 4.39 Å². The molecule has 2 aromatic rings. The van der Waals surface area contributed by atoms with E-state index in [0.717, 1.165) is 5.56 Å². The third-order valence-electron chi connectivity index (χ3n) is 6.67. The number of phenols is 1. The average Bonchev–Trinajstić information content (AvgIpc) is 3.08. The van der Waals surface area contributed by atoms with Gasteiger partial charge < -0.3 is 19.5 Å². The maximum atomic E-state index is 14.2. The average molecular weight is 451 g/mol. The van der Waals surface area contributed by atoms with E-state index < -0.39 is 24.2 Å². The van der Waals surface area contributed by atoms with Crippen LogP contribution in [0.3, 0.4) is 0 Å². The standard InChI is InChI=1S/C26H26FNO5/c1-2-32-21-12-16(8-10-19(21)29)23-22-24(30)18-13-17(27)9-11-20(18)33-25(22)26(31)28(23)14-15-6-4-3-5-7-15/h3-8,10,12,17-18,20,23,29H,2,9,11,13-14H2,1H3. The van der Waals surface area contributed by atoms with Crippen LogP contribution >= 0.6 is 0 Å². The van der Waals surface area contributed by atoms with E-state index in [4.69, 9.17) is 9.47 Å². The summed E-state index contributed by atoms with van der Waals surface area (Å²) in [4.78, 5) is 28.8. The molecule has 0 aromatic heterocycles. The Labute approximate surface area is 191 Å². The molecule has 5 rings (SSSR count). The van der Waals surface area contributed by atoms with Gasteiger partial charge in [0.05, 0.1) is 24.1 Å². The maximum absolute atomic E-state index is 14.2. The Bertz CT molecular complexity index is 1110. The second kappa shape index (κ2) is 8.54. The van der Waals surface area contributed by atoms with Crippen LogP contribution in [0.5, 0.6) is 11.5 Å². The lowest BCUT2D eigenvalue weighted by molar-refractivity contribution is -0.136. The Kier molecular flexibility index (Phi) is 5.56. The lowest BCUT2D eigenvalue weighted by Crippen LogP contribution is -2.42. The molecule has 33 heavy (non-hydrogen) atoms. The lowest BCUT2D eigenvalue weighted by atomic mass is 9.77. The first-order valence-corrected chi connectivity index (χ1v) is 11.4. The number of hydrogen-bond donors (Lipinski definition) is 1. The van der Waals surface area contributed by atoms with Crippen molar-refractivity contribution in [3.05, 3.63) is 71.0 Å². The van der Waals surface area contributed by atoms with Gasteiger partial charge >= 0.3 is 0 Å². The Balaban J connectivity index is 1.59. The van der Waals surface area contributed by atoms with Crippen molar-refractivity contribution in [1.29, 1.82) is 0 Å². The number of rotatable bonds is 5. The molecule has 2 aliphatic heterocycles. The van der Waals surface area contributed by atoms with Gasteiger partial charge in [-0.1, -0.05) is 36.4 Å². The minimum Gasteiger partial charge on any atom is -0.504 e. The van der Waals surface area contributed by atoms with Crippen molar-refractivity contribution < 1.29 is 28.6 Å². The molecule has 2 aromatic carbocycles. The number of nitrogens with zero attached hydrogens (tertiary/aromatic N) is 1. The molecular weight excluding hydrogens is 425 g/mol.